The number of aromatic nitrogens is 2. The van der Waals surface area contributed by atoms with Crippen LogP contribution in [-0.2, 0) is 0 Å². The Morgan fingerprint density at radius 2 is 0.860 bits per heavy atom. The number of rotatable bonds is 5. The van der Waals surface area contributed by atoms with Gasteiger partial charge in [-0.3, -0.25) is 0 Å². The molecule has 3 nitrogen and oxygen atoms in total. The van der Waals surface area contributed by atoms with Crippen molar-refractivity contribution in [1.82, 2.24) is 9.97 Å². The van der Waals surface area contributed by atoms with E-state index in [0.717, 1.165) is 61.1 Å². The molecule has 0 aliphatic carbocycles. The molecule has 0 saturated carbocycles. The molecule has 0 aliphatic heterocycles. The van der Waals surface area contributed by atoms with Crippen molar-refractivity contribution in [2.75, 3.05) is 0 Å². The second-order valence-corrected chi connectivity index (χ2v) is 10.6. The molecule has 0 fully saturated rings. The van der Waals surface area contributed by atoms with Crippen molar-refractivity contribution in [3.63, 3.8) is 0 Å². The highest BCUT2D eigenvalue weighted by atomic mass is 16.3. The van der Waals surface area contributed by atoms with Gasteiger partial charge in [0.25, 0.3) is 0 Å². The number of nitrogens with zero attached hydrogens (tertiary/aromatic N) is 2. The first-order chi connectivity index (χ1) is 21.3. The number of hydrogen-bond acceptors (Lipinski definition) is 3. The van der Waals surface area contributed by atoms with Crippen LogP contribution >= 0.6 is 0 Å². The predicted molar refractivity (Wildman–Crippen MR) is 176 cm³/mol. The average Bonchev–Trinajstić information content (AvgIpc) is 3.47. The maximum absolute atomic E-state index is 6.41. The molecule has 0 atom stereocenters. The molecule has 0 radical (unpaired) electrons. The van der Waals surface area contributed by atoms with Crippen LogP contribution in [-0.4, -0.2) is 9.97 Å². The molecule has 3 heteroatoms. The van der Waals surface area contributed by atoms with Crippen LogP contribution in [0.4, 0.5) is 0 Å². The third-order valence-corrected chi connectivity index (χ3v) is 7.91. The van der Waals surface area contributed by atoms with Crippen LogP contribution in [0.1, 0.15) is 0 Å². The largest absolute Gasteiger partial charge is 0.456 e. The smallest absolute Gasteiger partial charge is 0.161 e. The lowest BCUT2D eigenvalue weighted by molar-refractivity contribution is 0.669. The van der Waals surface area contributed by atoms with Crippen LogP contribution in [0.25, 0.3) is 78.1 Å². The van der Waals surface area contributed by atoms with Gasteiger partial charge in [0, 0.05) is 27.5 Å². The molecule has 2 heterocycles. The van der Waals surface area contributed by atoms with Gasteiger partial charge in [-0.25, -0.2) is 9.97 Å². The molecule has 0 bridgehead atoms. The standard InChI is InChI=1S/C40H26N2O/c1-4-12-27(13-5-1)29-20-22-31(23-21-29)36-26-35(30-16-8-3-9-17-30)41-40(42-36)34-24-32(28-14-6-2-7-15-28)25-38-39(34)33-18-10-11-19-37(33)43-38/h1-26H. The van der Waals surface area contributed by atoms with E-state index in [9.17, 15) is 0 Å². The van der Waals surface area contributed by atoms with E-state index >= 15 is 0 Å². The minimum absolute atomic E-state index is 0.665. The van der Waals surface area contributed by atoms with Crippen LogP contribution < -0.4 is 0 Å². The highest BCUT2D eigenvalue weighted by molar-refractivity contribution is 6.13. The molecule has 0 unspecified atom stereocenters. The molecule has 202 valence electrons. The Hall–Kier alpha value is -5.80. The van der Waals surface area contributed by atoms with Crippen molar-refractivity contribution in [2.45, 2.75) is 0 Å². The first-order valence-electron chi connectivity index (χ1n) is 14.4. The van der Waals surface area contributed by atoms with E-state index in [0.29, 0.717) is 5.82 Å². The molecular formula is C40H26N2O. The lowest BCUT2D eigenvalue weighted by atomic mass is 9.97. The van der Waals surface area contributed by atoms with E-state index in [4.69, 9.17) is 14.4 Å². The first kappa shape index (κ1) is 25.0. The molecule has 0 amide bonds. The summed E-state index contributed by atoms with van der Waals surface area (Å²) in [5.41, 5.74) is 11.0. The van der Waals surface area contributed by atoms with Crippen molar-refractivity contribution < 1.29 is 4.42 Å². The summed E-state index contributed by atoms with van der Waals surface area (Å²) in [7, 11) is 0. The highest BCUT2D eigenvalue weighted by Crippen LogP contribution is 2.40. The minimum atomic E-state index is 0.665. The van der Waals surface area contributed by atoms with E-state index < -0.39 is 0 Å². The van der Waals surface area contributed by atoms with Crippen molar-refractivity contribution in [2.24, 2.45) is 0 Å². The number of furan rings is 1. The Labute approximate surface area is 249 Å². The van der Waals surface area contributed by atoms with Gasteiger partial charge in [-0.05, 0) is 46.5 Å². The summed E-state index contributed by atoms with van der Waals surface area (Å²) < 4.78 is 6.41. The van der Waals surface area contributed by atoms with E-state index in [-0.39, 0.29) is 0 Å². The molecule has 8 rings (SSSR count). The maximum Gasteiger partial charge on any atom is 0.161 e. The van der Waals surface area contributed by atoms with Gasteiger partial charge in [-0.1, -0.05) is 133 Å². The van der Waals surface area contributed by atoms with Crippen LogP contribution in [0.2, 0.25) is 0 Å². The van der Waals surface area contributed by atoms with Crippen LogP contribution in [0.5, 0.6) is 0 Å². The molecule has 0 saturated heterocycles. The van der Waals surface area contributed by atoms with Crippen molar-refractivity contribution in [3.05, 3.63) is 158 Å². The Kier molecular flexibility index (Phi) is 6.12. The zero-order chi connectivity index (χ0) is 28.6. The zero-order valence-corrected chi connectivity index (χ0v) is 23.3. The van der Waals surface area contributed by atoms with Crippen LogP contribution in [0.3, 0.4) is 0 Å². The quantitative estimate of drug-likeness (QED) is 0.214. The molecule has 0 aliphatic rings. The van der Waals surface area contributed by atoms with Gasteiger partial charge >= 0.3 is 0 Å². The summed E-state index contributed by atoms with van der Waals surface area (Å²) in [4.78, 5) is 10.4. The number of fused-ring (bicyclic) bond motifs is 3. The van der Waals surface area contributed by atoms with Gasteiger partial charge in [0.1, 0.15) is 11.2 Å². The predicted octanol–water partition coefficient (Wildman–Crippen LogP) is 10.7. The fourth-order valence-electron chi connectivity index (χ4n) is 5.76. The molecular weight excluding hydrogens is 524 g/mol. The van der Waals surface area contributed by atoms with Gasteiger partial charge < -0.3 is 4.42 Å². The normalized spacial score (nSPS) is 11.3. The van der Waals surface area contributed by atoms with Crippen LogP contribution in [0, 0.1) is 0 Å². The second-order valence-electron chi connectivity index (χ2n) is 10.6. The summed E-state index contributed by atoms with van der Waals surface area (Å²) in [5.74, 6) is 0.665. The summed E-state index contributed by atoms with van der Waals surface area (Å²) >= 11 is 0. The highest BCUT2D eigenvalue weighted by Gasteiger charge is 2.19. The Balaban J connectivity index is 1.37. The summed E-state index contributed by atoms with van der Waals surface area (Å²) in [5, 5.41) is 2.07. The molecule has 6 aromatic carbocycles. The monoisotopic (exact) mass is 550 g/mol. The van der Waals surface area contributed by atoms with Gasteiger partial charge in [0.15, 0.2) is 5.82 Å². The molecule has 0 spiro atoms. The Bertz CT molecular complexity index is 2200. The minimum Gasteiger partial charge on any atom is -0.456 e. The maximum atomic E-state index is 6.41. The fourth-order valence-corrected chi connectivity index (χ4v) is 5.76. The van der Waals surface area contributed by atoms with E-state index in [1.807, 2.05) is 48.5 Å². The Morgan fingerprint density at radius 3 is 1.51 bits per heavy atom. The number of benzene rings is 6. The zero-order valence-electron chi connectivity index (χ0n) is 23.3. The van der Waals surface area contributed by atoms with Gasteiger partial charge in [0.05, 0.1) is 11.4 Å². The van der Waals surface area contributed by atoms with Crippen molar-refractivity contribution >= 4 is 21.9 Å². The lowest BCUT2D eigenvalue weighted by Gasteiger charge is -2.12. The third kappa shape index (κ3) is 4.67. The third-order valence-electron chi connectivity index (χ3n) is 7.91. The number of para-hydroxylation sites is 1. The molecule has 2 aromatic heterocycles. The SMILES string of the molecule is c1ccc(-c2ccc(-c3cc(-c4ccccc4)nc(-c4cc(-c5ccccc5)cc5oc6ccccc6c45)n3)cc2)cc1. The summed E-state index contributed by atoms with van der Waals surface area (Å²) in [6, 6.07) is 54.3. The van der Waals surface area contributed by atoms with Crippen molar-refractivity contribution in [3.8, 4) is 56.2 Å². The van der Waals surface area contributed by atoms with Crippen LogP contribution in [0.15, 0.2) is 162 Å². The molecule has 43 heavy (non-hydrogen) atoms. The first-order valence-corrected chi connectivity index (χ1v) is 14.4. The average molecular weight is 551 g/mol. The fraction of sp³-hybridized carbons (Fsp3) is 0. The lowest BCUT2D eigenvalue weighted by Crippen LogP contribution is -1.97. The topological polar surface area (TPSA) is 38.9 Å². The van der Waals surface area contributed by atoms with Gasteiger partial charge in [0.2, 0.25) is 0 Å². The molecule has 8 aromatic rings. The summed E-state index contributed by atoms with van der Waals surface area (Å²) in [6.07, 6.45) is 0. The Morgan fingerprint density at radius 1 is 0.372 bits per heavy atom. The number of hydrogen-bond donors (Lipinski definition) is 0. The van der Waals surface area contributed by atoms with E-state index in [1.165, 1.54) is 11.1 Å². The molecule has 0 N–H and O–H groups in total. The summed E-state index contributed by atoms with van der Waals surface area (Å²) in [6.45, 7) is 0. The van der Waals surface area contributed by atoms with Gasteiger partial charge in [-0.2, -0.15) is 0 Å². The second kappa shape index (κ2) is 10.6. The van der Waals surface area contributed by atoms with E-state index in [1.54, 1.807) is 0 Å². The van der Waals surface area contributed by atoms with E-state index in [2.05, 4.69) is 109 Å². The van der Waals surface area contributed by atoms with Gasteiger partial charge in [-0.15, -0.1) is 0 Å². The van der Waals surface area contributed by atoms with Crippen molar-refractivity contribution in [1.29, 1.82) is 0 Å².